The number of aliphatic carboxylic acids is 2. The van der Waals surface area contributed by atoms with Crippen LogP contribution in [0.5, 0.6) is 0 Å². The van der Waals surface area contributed by atoms with Gasteiger partial charge in [0.25, 0.3) is 0 Å². The predicted octanol–water partition coefficient (Wildman–Crippen LogP) is 3.32. The summed E-state index contributed by atoms with van der Waals surface area (Å²) in [6, 6.07) is 15.5. The van der Waals surface area contributed by atoms with Gasteiger partial charge in [-0.2, -0.15) is 0 Å². The maximum absolute atomic E-state index is 11.9. The fourth-order valence-corrected chi connectivity index (χ4v) is 2.98. The van der Waals surface area contributed by atoms with Crippen molar-refractivity contribution in [3.8, 4) is 0 Å². The SMILES string of the molecule is CN(CCCCn1c(=O)oc2ccccc21)Cc1ccc(Cl)cc1.O=C(O)C(=O)O. The maximum Gasteiger partial charge on any atom is 0.419 e. The maximum atomic E-state index is 11.9. The van der Waals surface area contributed by atoms with E-state index in [1.807, 2.05) is 36.4 Å². The van der Waals surface area contributed by atoms with Crippen LogP contribution in [0.2, 0.25) is 5.02 Å². The highest BCUT2D eigenvalue weighted by atomic mass is 35.5. The number of hydrogen-bond acceptors (Lipinski definition) is 5. The van der Waals surface area contributed by atoms with Gasteiger partial charge in [-0.25, -0.2) is 14.4 Å². The van der Waals surface area contributed by atoms with E-state index >= 15 is 0 Å². The van der Waals surface area contributed by atoms with Gasteiger partial charge in [-0.1, -0.05) is 35.9 Å². The number of para-hydroxylation sites is 2. The summed E-state index contributed by atoms with van der Waals surface area (Å²) in [6.07, 6.45) is 1.96. The molecule has 1 aromatic heterocycles. The van der Waals surface area contributed by atoms with Crippen LogP contribution in [0.4, 0.5) is 0 Å². The average Bonchev–Trinajstić information content (AvgIpc) is 3.02. The predicted molar refractivity (Wildman–Crippen MR) is 113 cm³/mol. The zero-order chi connectivity index (χ0) is 22.1. The normalized spacial score (nSPS) is 10.6. The number of aryl methyl sites for hydroxylation is 1. The third kappa shape index (κ3) is 7.06. The molecule has 0 saturated carbocycles. The molecule has 160 valence electrons. The molecule has 0 bridgehead atoms. The lowest BCUT2D eigenvalue weighted by atomic mass is 10.2. The van der Waals surface area contributed by atoms with Gasteiger partial charge in [-0.3, -0.25) is 4.57 Å². The van der Waals surface area contributed by atoms with Gasteiger partial charge in [0.15, 0.2) is 5.58 Å². The minimum absolute atomic E-state index is 0.272. The molecule has 0 aliphatic carbocycles. The average molecular weight is 435 g/mol. The Hall–Kier alpha value is -3.10. The van der Waals surface area contributed by atoms with Crippen molar-refractivity contribution in [1.82, 2.24) is 9.47 Å². The lowest BCUT2D eigenvalue weighted by Crippen LogP contribution is -2.20. The number of carboxylic acid groups (broad SMARTS) is 2. The van der Waals surface area contributed by atoms with E-state index in [9.17, 15) is 4.79 Å². The van der Waals surface area contributed by atoms with E-state index in [4.69, 9.17) is 35.8 Å². The molecule has 0 unspecified atom stereocenters. The third-order valence-electron chi connectivity index (χ3n) is 4.29. The van der Waals surface area contributed by atoms with Crippen LogP contribution < -0.4 is 5.76 Å². The zero-order valence-corrected chi connectivity index (χ0v) is 17.2. The molecule has 0 radical (unpaired) electrons. The lowest BCUT2D eigenvalue weighted by molar-refractivity contribution is -0.159. The van der Waals surface area contributed by atoms with Crippen molar-refractivity contribution in [3.05, 3.63) is 69.7 Å². The van der Waals surface area contributed by atoms with Crippen LogP contribution in [0.25, 0.3) is 11.1 Å². The number of benzene rings is 2. The molecule has 30 heavy (non-hydrogen) atoms. The van der Waals surface area contributed by atoms with E-state index in [1.165, 1.54) is 5.56 Å². The Morgan fingerprint density at radius 2 is 1.67 bits per heavy atom. The quantitative estimate of drug-likeness (QED) is 0.433. The number of carbonyl (C=O) groups is 2. The van der Waals surface area contributed by atoms with Gasteiger partial charge in [0.2, 0.25) is 0 Å². The number of unbranched alkanes of at least 4 members (excludes halogenated alkanes) is 1. The summed E-state index contributed by atoms with van der Waals surface area (Å²) in [5, 5.41) is 15.5. The Kier molecular flexibility index (Phi) is 8.64. The summed E-state index contributed by atoms with van der Waals surface area (Å²) < 4.78 is 6.97. The molecule has 0 aliphatic heterocycles. The fourth-order valence-electron chi connectivity index (χ4n) is 2.86. The van der Waals surface area contributed by atoms with Crippen molar-refractivity contribution in [2.45, 2.75) is 25.9 Å². The van der Waals surface area contributed by atoms with Crippen molar-refractivity contribution < 1.29 is 24.2 Å². The molecular weight excluding hydrogens is 412 g/mol. The molecule has 0 spiro atoms. The van der Waals surface area contributed by atoms with Crippen molar-refractivity contribution in [3.63, 3.8) is 0 Å². The Morgan fingerprint density at radius 1 is 1.03 bits per heavy atom. The monoisotopic (exact) mass is 434 g/mol. The number of aromatic nitrogens is 1. The summed E-state index contributed by atoms with van der Waals surface area (Å²) >= 11 is 5.90. The number of rotatable bonds is 7. The van der Waals surface area contributed by atoms with Crippen LogP contribution in [-0.2, 0) is 22.7 Å². The highest BCUT2D eigenvalue weighted by Crippen LogP contribution is 2.13. The van der Waals surface area contributed by atoms with Crippen molar-refractivity contribution in [2.75, 3.05) is 13.6 Å². The summed E-state index contributed by atoms with van der Waals surface area (Å²) in [5.74, 6) is -3.92. The Morgan fingerprint density at radius 3 is 2.30 bits per heavy atom. The van der Waals surface area contributed by atoms with Crippen molar-refractivity contribution >= 4 is 34.6 Å². The largest absolute Gasteiger partial charge is 0.473 e. The van der Waals surface area contributed by atoms with Gasteiger partial charge in [0.1, 0.15) is 0 Å². The Labute approximate surface area is 177 Å². The number of hydrogen-bond donors (Lipinski definition) is 2. The van der Waals surface area contributed by atoms with E-state index in [2.05, 4.69) is 24.1 Å². The van der Waals surface area contributed by atoms with Gasteiger partial charge in [0, 0.05) is 18.1 Å². The molecule has 2 N–H and O–H groups in total. The molecule has 8 nitrogen and oxygen atoms in total. The van der Waals surface area contributed by atoms with Crippen LogP contribution in [0.15, 0.2) is 57.7 Å². The van der Waals surface area contributed by atoms with Gasteiger partial charge >= 0.3 is 17.7 Å². The molecule has 0 amide bonds. The van der Waals surface area contributed by atoms with Crippen LogP contribution in [0.1, 0.15) is 18.4 Å². The summed E-state index contributed by atoms with van der Waals surface area (Å²) in [7, 11) is 2.11. The van der Waals surface area contributed by atoms with Crippen LogP contribution in [-0.4, -0.2) is 45.2 Å². The Bertz CT molecular complexity index is 1030. The molecule has 0 aliphatic rings. The van der Waals surface area contributed by atoms with Crippen LogP contribution in [0, 0.1) is 0 Å². The van der Waals surface area contributed by atoms with Crippen molar-refractivity contribution in [1.29, 1.82) is 0 Å². The molecule has 1 heterocycles. The van der Waals surface area contributed by atoms with E-state index < -0.39 is 11.9 Å². The van der Waals surface area contributed by atoms with E-state index in [0.717, 1.165) is 36.5 Å². The lowest BCUT2D eigenvalue weighted by Gasteiger charge is -2.16. The summed E-state index contributed by atoms with van der Waals surface area (Å²) in [6.45, 7) is 2.56. The summed E-state index contributed by atoms with van der Waals surface area (Å²) in [5.41, 5.74) is 2.78. The van der Waals surface area contributed by atoms with E-state index in [1.54, 1.807) is 4.57 Å². The second-order valence-corrected chi connectivity index (χ2v) is 7.11. The fraction of sp³-hybridized carbons (Fsp3) is 0.286. The molecule has 0 atom stereocenters. The first-order valence-corrected chi connectivity index (χ1v) is 9.63. The first-order valence-electron chi connectivity index (χ1n) is 9.25. The van der Waals surface area contributed by atoms with Crippen LogP contribution >= 0.6 is 11.6 Å². The highest BCUT2D eigenvalue weighted by Gasteiger charge is 2.08. The standard InChI is InChI=1S/C19H21ClN2O2.C2H2O4/c1-21(14-15-8-10-16(20)11-9-15)12-4-5-13-22-17-6-2-3-7-18(17)24-19(22)23;3-1(4)2(5)6/h2-3,6-11H,4-5,12-14H2,1H3;(H,3,4)(H,5,6). The third-order valence-corrected chi connectivity index (χ3v) is 4.55. The van der Waals surface area contributed by atoms with Gasteiger partial charge in [0.05, 0.1) is 5.52 Å². The molecule has 0 fully saturated rings. The number of nitrogens with zero attached hydrogens (tertiary/aromatic N) is 2. The number of carboxylic acids is 2. The van der Waals surface area contributed by atoms with Gasteiger partial charge in [-0.05, 0) is 56.3 Å². The molecule has 9 heteroatoms. The molecule has 3 rings (SSSR count). The minimum Gasteiger partial charge on any atom is -0.473 e. The Balaban J connectivity index is 0.000000469. The van der Waals surface area contributed by atoms with Gasteiger partial charge < -0.3 is 19.5 Å². The molecule has 2 aromatic carbocycles. The number of oxazole rings is 1. The number of fused-ring (bicyclic) bond motifs is 1. The minimum atomic E-state index is -1.82. The van der Waals surface area contributed by atoms with Crippen molar-refractivity contribution in [2.24, 2.45) is 0 Å². The van der Waals surface area contributed by atoms with Crippen LogP contribution in [0.3, 0.4) is 0 Å². The molecular formula is C21H23ClN2O6. The molecule has 0 saturated heterocycles. The first kappa shape index (κ1) is 23.2. The zero-order valence-electron chi connectivity index (χ0n) is 16.5. The second-order valence-electron chi connectivity index (χ2n) is 6.67. The second kappa shape index (κ2) is 11.2. The highest BCUT2D eigenvalue weighted by molar-refractivity contribution is 6.30. The smallest absolute Gasteiger partial charge is 0.419 e. The summed E-state index contributed by atoms with van der Waals surface area (Å²) in [4.78, 5) is 32.4. The van der Waals surface area contributed by atoms with E-state index in [-0.39, 0.29) is 5.76 Å². The van der Waals surface area contributed by atoms with Gasteiger partial charge in [-0.15, -0.1) is 0 Å². The number of halogens is 1. The topological polar surface area (TPSA) is 113 Å². The van der Waals surface area contributed by atoms with E-state index in [0.29, 0.717) is 12.1 Å². The molecule has 3 aromatic rings. The first-order chi connectivity index (χ1) is 14.3.